The van der Waals surface area contributed by atoms with Crippen LogP contribution >= 0.6 is 12.2 Å². The van der Waals surface area contributed by atoms with Crippen molar-refractivity contribution in [2.75, 3.05) is 7.05 Å². The first-order valence-corrected chi connectivity index (χ1v) is 9.80. The predicted octanol–water partition coefficient (Wildman–Crippen LogP) is 3.69. The number of para-hydroxylation sites is 1. The number of hydrogen-bond donors (Lipinski definition) is 0. The van der Waals surface area contributed by atoms with Gasteiger partial charge in [0.25, 0.3) is 0 Å². The molecule has 8 heteroatoms. The molecule has 2 heterocycles. The van der Waals surface area contributed by atoms with Crippen LogP contribution in [0, 0.1) is 18.6 Å². The number of aryl methyl sites for hydroxylation is 1. The summed E-state index contributed by atoms with van der Waals surface area (Å²) in [6.45, 7) is 5.42. The Morgan fingerprint density at radius 3 is 2.59 bits per heavy atom. The molecule has 0 saturated heterocycles. The van der Waals surface area contributed by atoms with Crippen molar-refractivity contribution in [2.24, 2.45) is 0 Å². The van der Waals surface area contributed by atoms with E-state index < -0.39 is 0 Å². The molecule has 0 bridgehead atoms. The molecule has 0 aliphatic carbocycles. The molecule has 0 saturated carbocycles. The smallest absolute Gasteiger partial charge is 0.221 e. The molecular formula is C21H23N7S. The first kappa shape index (κ1) is 19.2. The average molecular weight is 406 g/mol. The summed E-state index contributed by atoms with van der Waals surface area (Å²) >= 11 is 5.62. The van der Waals surface area contributed by atoms with Crippen LogP contribution in [0.4, 0.5) is 0 Å². The van der Waals surface area contributed by atoms with E-state index in [0.717, 1.165) is 29.0 Å². The van der Waals surface area contributed by atoms with Gasteiger partial charge in [0.1, 0.15) is 0 Å². The molecular weight excluding hydrogens is 382 g/mol. The molecule has 0 radical (unpaired) electrons. The number of rotatable bonds is 6. The molecule has 0 aliphatic rings. The van der Waals surface area contributed by atoms with Crippen molar-refractivity contribution in [3.05, 3.63) is 82.4 Å². The van der Waals surface area contributed by atoms with Crippen LogP contribution in [0.15, 0.2) is 60.9 Å². The van der Waals surface area contributed by atoms with E-state index in [9.17, 15) is 0 Å². The van der Waals surface area contributed by atoms with Crippen molar-refractivity contribution < 1.29 is 0 Å². The van der Waals surface area contributed by atoms with Crippen LogP contribution in [0.25, 0.3) is 11.4 Å². The lowest BCUT2D eigenvalue weighted by atomic mass is 10.1. The highest BCUT2D eigenvalue weighted by atomic mass is 32.1. The molecule has 0 atom stereocenters. The summed E-state index contributed by atoms with van der Waals surface area (Å²) < 4.78 is 5.91. The molecule has 0 unspecified atom stereocenters. The van der Waals surface area contributed by atoms with Gasteiger partial charge in [-0.05, 0) is 72.9 Å². The fourth-order valence-corrected chi connectivity index (χ4v) is 3.46. The zero-order valence-corrected chi connectivity index (χ0v) is 17.5. The summed E-state index contributed by atoms with van der Waals surface area (Å²) in [5.74, 6) is 0. The molecule has 0 amide bonds. The molecule has 2 aromatic carbocycles. The van der Waals surface area contributed by atoms with Gasteiger partial charge in [-0.15, -0.1) is 0 Å². The average Bonchev–Trinajstić information content (AvgIpc) is 3.32. The van der Waals surface area contributed by atoms with E-state index in [1.165, 1.54) is 5.56 Å². The van der Waals surface area contributed by atoms with E-state index in [1.54, 1.807) is 9.36 Å². The molecule has 148 valence electrons. The minimum Gasteiger partial charge on any atom is -0.283 e. The maximum atomic E-state index is 5.62. The van der Waals surface area contributed by atoms with E-state index in [0.29, 0.717) is 11.4 Å². The quantitative estimate of drug-likeness (QED) is 0.458. The van der Waals surface area contributed by atoms with E-state index in [-0.39, 0.29) is 0 Å². The summed E-state index contributed by atoms with van der Waals surface area (Å²) in [5, 5.41) is 13.0. The Morgan fingerprint density at radius 2 is 1.79 bits per heavy atom. The molecule has 0 aliphatic heterocycles. The fraction of sp³-hybridized carbons (Fsp3) is 0.238. The van der Waals surface area contributed by atoms with Crippen LogP contribution in [-0.2, 0) is 13.2 Å². The second kappa shape index (κ2) is 8.10. The van der Waals surface area contributed by atoms with Crippen molar-refractivity contribution in [1.29, 1.82) is 0 Å². The zero-order chi connectivity index (χ0) is 20.4. The highest BCUT2D eigenvalue weighted by Crippen LogP contribution is 2.17. The Hall–Kier alpha value is -3.10. The summed E-state index contributed by atoms with van der Waals surface area (Å²) in [5.41, 5.74) is 5.47. The minimum atomic E-state index is 0.542. The van der Waals surface area contributed by atoms with Crippen molar-refractivity contribution in [3.8, 4) is 11.4 Å². The lowest BCUT2D eigenvalue weighted by molar-refractivity contribution is 0.242. The number of hydrogen-bond acceptors (Lipinski definition) is 5. The molecule has 4 rings (SSSR count). The van der Waals surface area contributed by atoms with Crippen molar-refractivity contribution in [3.63, 3.8) is 0 Å². The topological polar surface area (TPSA) is 56.7 Å². The third-order valence-corrected chi connectivity index (χ3v) is 5.31. The second-order valence-corrected chi connectivity index (χ2v) is 7.54. The van der Waals surface area contributed by atoms with Gasteiger partial charge < -0.3 is 0 Å². The standard InChI is InChI=1S/C21H23N7S/c1-16-8-7-11-20(17(16)2)28-21(29)27(23-24-28)15-25(3)13-18-12-22-26(14-18)19-9-5-4-6-10-19/h4-12,14H,13,15H2,1-3H3. The van der Waals surface area contributed by atoms with Crippen LogP contribution in [0.3, 0.4) is 0 Å². The van der Waals surface area contributed by atoms with Gasteiger partial charge >= 0.3 is 0 Å². The van der Waals surface area contributed by atoms with E-state index >= 15 is 0 Å². The molecule has 2 aromatic heterocycles. The van der Waals surface area contributed by atoms with Gasteiger partial charge in [-0.3, -0.25) is 4.90 Å². The minimum absolute atomic E-state index is 0.542. The summed E-state index contributed by atoms with van der Waals surface area (Å²) in [6.07, 6.45) is 3.92. The van der Waals surface area contributed by atoms with Crippen molar-refractivity contribution in [2.45, 2.75) is 27.1 Å². The van der Waals surface area contributed by atoms with Crippen LogP contribution in [0.2, 0.25) is 0 Å². The fourth-order valence-electron chi connectivity index (χ4n) is 3.23. The third-order valence-electron chi connectivity index (χ3n) is 4.93. The largest absolute Gasteiger partial charge is 0.283 e. The summed E-state index contributed by atoms with van der Waals surface area (Å²) in [6, 6.07) is 16.2. The van der Waals surface area contributed by atoms with Crippen LogP contribution in [0.1, 0.15) is 16.7 Å². The Morgan fingerprint density at radius 1 is 1.00 bits per heavy atom. The number of tetrazole rings is 1. The van der Waals surface area contributed by atoms with E-state index in [4.69, 9.17) is 12.2 Å². The van der Waals surface area contributed by atoms with Gasteiger partial charge in [0.05, 0.1) is 24.2 Å². The van der Waals surface area contributed by atoms with E-state index in [1.807, 2.05) is 66.6 Å². The van der Waals surface area contributed by atoms with Gasteiger partial charge in [-0.2, -0.15) is 9.78 Å². The number of aromatic nitrogens is 6. The lowest BCUT2D eigenvalue weighted by Crippen LogP contribution is -2.22. The predicted molar refractivity (Wildman–Crippen MR) is 115 cm³/mol. The van der Waals surface area contributed by atoms with E-state index in [2.05, 4.69) is 40.3 Å². The molecule has 0 N–H and O–H groups in total. The Balaban J connectivity index is 1.48. The highest BCUT2D eigenvalue weighted by Gasteiger charge is 2.11. The van der Waals surface area contributed by atoms with Gasteiger partial charge in [-0.1, -0.05) is 30.3 Å². The Bertz CT molecular complexity index is 1170. The van der Waals surface area contributed by atoms with Gasteiger partial charge in [0.2, 0.25) is 4.77 Å². The SMILES string of the molecule is Cc1cccc(-n2nnn(CN(C)Cc3cnn(-c4ccccc4)c3)c2=S)c1C. The second-order valence-electron chi connectivity index (χ2n) is 7.18. The maximum absolute atomic E-state index is 5.62. The van der Waals surface area contributed by atoms with Crippen LogP contribution < -0.4 is 0 Å². The summed E-state index contributed by atoms with van der Waals surface area (Å²) in [7, 11) is 2.03. The Kier molecular flexibility index (Phi) is 5.37. The zero-order valence-electron chi connectivity index (χ0n) is 16.7. The Labute approximate surface area is 174 Å². The summed E-state index contributed by atoms with van der Waals surface area (Å²) in [4.78, 5) is 2.13. The lowest BCUT2D eigenvalue weighted by Gasteiger charge is -2.14. The monoisotopic (exact) mass is 405 g/mol. The number of nitrogens with zero attached hydrogens (tertiary/aromatic N) is 7. The van der Waals surface area contributed by atoms with Gasteiger partial charge in [0.15, 0.2) is 0 Å². The first-order chi connectivity index (χ1) is 14.0. The molecule has 29 heavy (non-hydrogen) atoms. The van der Waals surface area contributed by atoms with Gasteiger partial charge in [0, 0.05) is 18.3 Å². The van der Waals surface area contributed by atoms with Crippen molar-refractivity contribution in [1.82, 2.24) is 34.5 Å². The van der Waals surface area contributed by atoms with Crippen molar-refractivity contribution >= 4 is 12.2 Å². The van der Waals surface area contributed by atoms with Gasteiger partial charge in [-0.25, -0.2) is 9.36 Å². The molecule has 0 spiro atoms. The van der Waals surface area contributed by atoms with Crippen LogP contribution in [-0.4, -0.2) is 41.5 Å². The normalized spacial score (nSPS) is 11.3. The van der Waals surface area contributed by atoms with Crippen LogP contribution in [0.5, 0.6) is 0 Å². The molecule has 0 fully saturated rings. The number of benzene rings is 2. The first-order valence-electron chi connectivity index (χ1n) is 9.40. The third kappa shape index (κ3) is 4.03. The molecule has 4 aromatic rings. The molecule has 7 nitrogen and oxygen atoms in total. The maximum Gasteiger partial charge on any atom is 0.221 e. The highest BCUT2D eigenvalue weighted by molar-refractivity contribution is 7.71.